The lowest BCUT2D eigenvalue weighted by molar-refractivity contribution is 0.0707. The number of likely N-dealkylation sites (tertiary alicyclic amines) is 1. The molecule has 1 aromatic rings. The van der Waals surface area contributed by atoms with Gasteiger partial charge in [-0.05, 0) is 32.0 Å². The minimum Gasteiger partial charge on any atom is -0.339 e. The monoisotopic (exact) mass is 310 g/mol. The average molecular weight is 311 g/mol. The number of carbonyl (C=O) groups is 2. The van der Waals surface area contributed by atoms with E-state index in [1.165, 1.54) is 0 Å². The van der Waals surface area contributed by atoms with Crippen LogP contribution in [0.2, 0.25) is 0 Å². The van der Waals surface area contributed by atoms with E-state index in [9.17, 15) is 9.59 Å². The van der Waals surface area contributed by atoms with Crippen molar-refractivity contribution in [2.45, 2.75) is 32.2 Å². The highest BCUT2D eigenvalue weighted by molar-refractivity contribution is 5.98. The normalized spacial score (nSPS) is 15.4. The topological polar surface area (TPSA) is 49.4 Å². The maximum Gasteiger partial charge on any atom is 0.253 e. The minimum atomic E-state index is 0. The zero-order valence-electron chi connectivity index (χ0n) is 12.6. The molecule has 0 saturated carbocycles. The van der Waals surface area contributed by atoms with E-state index >= 15 is 0 Å². The van der Waals surface area contributed by atoms with Gasteiger partial charge in [-0.15, -0.1) is 12.4 Å². The summed E-state index contributed by atoms with van der Waals surface area (Å²) in [6.07, 6.45) is 2.48. The predicted molar refractivity (Wildman–Crippen MR) is 86.3 cm³/mol. The lowest BCUT2D eigenvalue weighted by Crippen LogP contribution is -2.43. The quantitative estimate of drug-likeness (QED) is 0.869. The van der Waals surface area contributed by atoms with Crippen molar-refractivity contribution in [3.8, 4) is 0 Å². The van der Waals surface area contributed by atoms with Gasteiger partial charge in [0.15, 0.2) is 5.78 Å². The average Bonchev–Trinajstić information content (AvgIpc) is 2.53. The molecule has 2 rings (SSSR count). The Hall–Kier alpha value is -1.39. The molecule has 0 unspecified atom stereocenters. The van der Waals surface area contributed by atoms with Gasteiger partial charge in [0.25, 0.3) is 5.91 Å². The zero-order valence-corrected chi connectivity index (χ0v) is 13.4. The number of nitrogens with zero attached hydrogens (tertiary/aromatic N) is 1. The van der Waals surface area contributed by atoms with Crippen molar-refractivity contribution in [1.82, 2.24) is 10.2 Å². The third kappa shape index (κ3) is 4.29. The van der Waals surface area contributed by atoms with E-state index in [1.54, 1.807) is 24.3 Å². The third-order valence-electron chi connectivity index (χ3n) is 3.97. The summed E-state index contributed by atoms with van der Waals surface area (Å²) >= 11 is 0. The number of carbonyl (C=O) groups excluding carboxylic acids is 2. The molecule has 1 heterocycles. The van der Waals surface area contributed by atoms with Gasteiger partial charge in [0, 0.05) is 36.7 Å². The van der Waals surface area contributed by atoms with Crippen molar-refractivity contribution in [3.63, 3.8) is 0 Å². The molecule has 0 atom stereocenters. The van der Waals surface area contributed by atoms with Gasteiger partial charge in [-0.2, -0.15) is 0 Å². The Kier molecular flexibility index (Phi) is 6.85. The number of amides is 1. The third-order valence-corrected chi connectivity index (χ3v) is 3.97. The van der Waals surface area contributed by atoms with E-state index in [0.717, 1.165) is 25.9 Å². The molecule has 1 amide bonds. The van der Waals surface area contributed by atoms with Crippen LogP contribution < -0.4 is 5.32 Å². The van der Waals surface area contributed by atoms with Gasteiger partial charge in [0.2, 0.25) is 0 Å². The molecule has 0 bridgehead atoms. The summed E-state index contributed by atoms with van der Waals surface area (Å²) in [6.45, 7) is 3.42. The maximum atomic E-state index is 12.4. The minimum absolute atomic E-state index is 0. The van der Waals surface area contributed by atoms with Crippen molar-refractivity contribution in [1.29, 1.82) is 0 Å². The molecule has 5 heteroatoms. The van der Waals surface area contributed by atoms with Crippen molar-refractivity contribution in [3.05, 3.63) is 35.4 Å². The molecular formula is C16H23ClN2O2. The first-order chi connectivity index (χ1) is 9.65. The van der Waals surface area contributed by atoms with Gasteiger partial charge in [0.1, 0.15) is 0 Å². The summed E-state index contributed by atoms with van der Waals surface area (Å²) in [5, 5.41) is 3.25. The van der Waals surface area contributed by atoms with E-state index < -0.39 is 0 Å². The van der Waals surface area contributed by atoms with Gasteiger partial charge in [-0.1, -0.05) is 19.1 Å². The van der Waals surface area contributed by atoms with Gasteiger partial charge in [-0.3, -0.25) is 9.59 Å². The van der Waals surface area contributed by atoms with E-state index in [1.807, 2.05) is 18.9 Å². The Morgan fingerprint density at radius 1 is 1.14 bits per heavy atom. The SMILES string of the molecule is CCC(=O)c1ccc(C(=O)N2CCC(NC)CC2)cc1.Cl. The molecule has 0 aromatic heterocycles. The molecule has 0 aliphatic carbocycles. The molecule has 4 nitrogen and oxygen atoms in total. The van der Waals surface area contributed by atoms with Crippen LogP contribution in [0.1, 0.15) is 46.9 Å². The lowest BCUT2D eigenvalue weighted by Gasteiger charge is -2.31. The van der Waals surface area contributed by atoms with Crippen LogP contribution in [0.4, 0.5) is 0 Å². The lowest BCUT2D eigenvalue weighted by atomic mass is 10.0. The first kappa shape index (κ1) is 17.7. The van der Waals surface area contributed by atoms with E-state index in [-0.39, 0.29) is 24.1 Å². The highest BCUT2D eigenvalue weighted by Crippen LogP contribution is 2.15. The fraction of sp³-hybridized carbons (Fsp3) is 0.500. The maximum absolute atomic E-state index is 12.4. The van der Waals surface area contributed by atoms with Gasteiger partial charge >= 0.3 is 0 Å². The summed E-state index contributed by atoms with van der Waals surface area (Å²) in [5.41, 5.74) is 1.35. The van der Waals surface area contributed by atoms with Crippen molar-refractivity contribution >= 4 is 24.1 Å². The number of hydrogen-bond acceptors (Lipinski definition) is 3. The number of Topliss-reactive ketones (excluding diaryl/α,β-unsaturated/α-hetero) is 1. The number of hydrogen-bond donors (Lipinski definition) is 1. The van der Waals surface area contributed by atoms with Crippen LogP contribution in [-0.4, -0.2) is 42.8 Å². The Labute approximate surface area is 132 Å². The summed E-state index contributed by atoms with van der Waals surface area (Å²) in [4.78, 5) is 25.8. The fourth-order valence-electron chi connectivity index (χ4n) is 2.56. The molecule has 1 aliphatic rings. The fourth-order valence-corrected chi connectivity index (χ4v) is 2.56. The van der Waals surface area contributed by atoms with Crippen LogP contribution in [-0.2, 0) is 0 Å². The Bertz CT molecular complexity index is 480. The molecule has 0 radical (unpaired) electrons. The first-order valence-corrected chi connectivity index (χ1v) is 7.25. The standard InChI is InChI=1S/C16H22N2O2.ClH/c1-3-15(19)12-4-6-13(7-5-12)16(20)18-10-8-14(17-2)9-11-18;/h4-7,14,17H,3,8-11H2,1-2H3;1H. The van der Waals surface area contributed by atoms with Gasteiger partial charge in [0.05, 0.1) is 0 Å². The van der Waals surface area contributed by atoms with Crippen LogP contribution in [0.15, 0.2) is 24.3 Å². The van der Waals surface area contributed by atoms with E-state index in [0.29, 0.717) is 23.6 Å². The van der Waals surface area contributed by atoms with Crippen LogP contribution in [0.5, 0.6) is 0 Å². The number of halogens is 1. The van der Waals surface area contributed by atoms with Crippen LogP contribution in [0, 0.1) is 0 Å². The van der Waals surface area contributed by atoms with Gasteiger partial charge < -0.3 is 10.2 Å². The molecule has 1 saturated heterocycles. The zero-order chi connectivity index (χ0) is 14.5. The second-order valence-electron chi connectivity index (χ2n) is 5.21. The Balaban J connectivity index is 0.00000220. The number of rotatable bonds is 4. The molecule has 116 valence electrons. The van der Waals surface area contributed by atoms with E-state index in [4.69, 9.17) is 0 Å². The molecule has 1 aliphatic heterocycles. The number of piperidine rings is 1. The molecular weight excluding hydrogens is 288 g/mol. The smallest absolute Gasteiger partial charge is 0.253 e. The summed E-state index contributed by atoms with van der Waals surface area (Å²) in [6, 6.07) is 7.53. The first-order valence-electron chi connectivity index (χ1n) is 7.25. The van der Waals surface area contributed by atoms with Crippen molar-refractivity contribution in [2.24, 2.45) is 0 Å². The largest absolute Gasteiger partial charge is 0.339 e. The van der Waals surface area contributed by atoms with Crippen LogP contribution in [0.3, 0.4) is 0 Å². The van der Waals surface area contributed by atoms with E-state index in [2.05, 4.69) is 5.32 Å². The summed E-state index contributed by atoms with van der Waals surface area (Å²) in [7, 11) is 1.96. The summed E-state index contributed by atoms with van der Waals surface area (Å²) in [5.74, 6) is 0.175. The second kappa shape index (κ2) is 8.15. The number of benzene rings is 1. The molecule has 1 aromatic carbocycles. The Morgan fingerprint density at radius 3 is 2.14 bits per heavy atom. The Morgan fingerprint density at radius 2 is 1.67 bits per heavy atom. The van der Waals surface area contributed by atoms with Gasteiger partial charge in [-0.25, -0.2) is 0 Å². The van der Waals surface area contributed by atoms with Crippen LogP contribution in [0.25, 0.3) is 0 Å². The molecule has 0 spiro atoms. The number of nitrogens with one attached hydrogen (secondary N) is 1. The second-order valence-corrected chi connectivity index (χ2v) is 5.21. The molecule has 1 N–H and O–H groups in total. The molecule has 1 fully saturated rings. The number of ketones is 1. The predicted octanol–water partition coefficient (Wildman–Crippen LogP) is 2.53. The molecule has 21 heavy (non-hydrogen) atoms. The highest BCUT2D eigenvalue weighted by atomic mass is 35.5. The highest BCUT2D eigenvalue weighted by Gasteiger charge is 2.22. The van der Waals surface area contributed by atoms with Crippen LogP contribution >= 0.6 is 12.4 Å². The van der Waals surface area contributed by atoms with Crippen molar-refractivity contribution < 1.29 is 9.59 Å². The summed E-state index contributed by atoms with van der Waals surface area (Å²) < 4.78 is 0. The van der Waals surface area contributed by atoms with Crippen molar-refractivity contribution in [2.75, 3.05) is 20.1 Å².